The van der Waals surface area contributed by atoms with Gasteiger partial charge in [0.1, 0.15) is 0 Å². The Morgan fingerprint density at radius 1 is 1.08 bits per heavy atom. The lowest BCUT2D eigenvalue weighted by Crippen LogP contribution is -2.48. The van der Waals surface area contributed by atoms with Crippen LogP contribution in [-0.4, -0.2) is 42.9 Å². The van der Waals surface area contributed by atoms with Crippen LogP contribution in [0.1, 0.15) is 29.4 Å². The van der Waals surface area contributed by atoms with E-state index >= 15 is 0 Å². The van der Waals surface area contributed by atoms with Gasteiger partial charge in [-0.1, -0.05) is 13.0 Å². The lowest BCUT2D eigenvalue weighted by molar-refractivity contribution is -0.131. The van der Waals surface area contributed by atoms with Crippen LogP contribution in [0.5, 0.6) is 0 Å². The van der Waals surface area contributed by atoms with Crippen molar-refractivity contribution in [3.8, 4) is 0 Å². The molecule has 2 amide bonds. The van der Waals surface area contributed by atoms with Gasteiger partial charge >= 0.3 is 0 Å². The van der Waals surface area contributed by atoms with Crippen molar-refractivity contribution >= 4 is 34.5 Å². The molecular formula is C19H23N3O2S. The van der Waals surface area contributed by atoms with Gasteiger partial charge in [0, 0.05) is 44.0 Å². The third-order valence-corrected chi connectivity index (χ3v) is 5.20. The normalized spacial score (nSPS) is 14.4. The average Bonchev–Trinajstić information content (AvgIpc) is 3.18. The van der Waals surface area contributed by atoms with Gasteiger partial charge in [0.25, 0.3) is 5.91 Å². The van der Waals surface area contributed by atoms with Crippen LogP contribution < -0.4 is 10.2 Å². The first kappa shape index (κ1) is 17.5. The smallest absolute Gasteiger partial charge is 0.265 e. The third kappa shape index (κ3) is 4.39. The van der Waals surface area contributed by atoms with Crippen molar-refractivity contribution in [2.75, 3.05) is 36.4 Å². The van der Waals surface area contributed by atoms with E-state index in [1.807, 2.05) is 53.6 Å². The van der Waals surface area contributed by atoms with E-state index < -0.39 is 0 Å². The molecule has 1 N–H and O–H groups in total. The van der Waals surface area contributed by atoms with E-state index in [0.717, 1.165) is 44.0 Å². The van der Waals surface area contributed by atoms with Crippen molar-refractivity contribution in [1.82, 2.24) is 4.90 Å². The first-order chi connectivity index (χ1) is 12.2. The third-order valence-electron chi connectivity index (χ3n) is 4.33. The predicted octanol–water partition coefficient (Wildman–Crippen LogP) is 3.45. The van der Waals surface area contributed by atoms with Gasteiger partial charge < -0.3 is 15.1 Å². The number of hydrogen-bond acceptors (Lipinski definition) is 4. The van der Waals surface area contributed by atoms with Crippen LogP contribution in [-0.2, 0) is 4.79 Å². The summed E-state index contributed by atoms with van der Waals surface area (Å²) in [5, 5.41) is 4.80. The van der Waals surface area contributed by atoms with E-state index in [0.29, 0.717) is 11.3 Å². The first-order valence-corrected chi connectivity index (χ1v) is 9.53. The van der Waals surface area contributed by atoms with E-state index in [1.54, 1.807) is 0 Å². The molecule has 5 nitrogen and oxygen atoms in total. The molecule has 1 saturated heterocycles. The van der Waals surface area contributed by atoms with Crippen molar-refractivity contribution in [2.45, 2.75) is 19.8 Å². The Labute approximate surface area is 152 Å². The molecule has 0 spiro atoms. The SMILES string of the molecule is CCCC(=O)N1CCN(c2ccc(NC(=O)c3cccs3)cc2)CC1. The fourth-order valence-corrected chi connectivity index (χ4v) is 3.56. The average molecular weight is 357 g/mol. The molecule has 0 aliphatic carbocycles. The second-order valence-corrected chi connectivity index (χ2v) is 7.04. The highest BCUT2D eigenvalue weighted by atomic mass is 32.1. The summed E-state index contributed by atoms with van der Waals surface area (Å²) in [7, 11) is 0. The zero-order valence-corrected chi connectivity index (χ0v) is 15.2. The number of benzene rings is 1. The number of hydrogen-bond donors (Lipinski definition) is 1. The number of carbonyl (C=O) groups is 2. The van der Waals surface area contributed by atoms with Gasteiger partial charge in [0.15, 0.2) is 0 Å². The molecule has 2 heterocycles. The molecule has 3 rings (SSSR count). The van der Waals surface area contributed by atoms with Crippen LogP contribution in [0.25, 0.3) is 0 Å². The number of anilines is 2. The monoisotopic (exact) mass is 357 g/mol. The van der Waals surface area contributed by atoms with Crippen molar-refractivity contribution in [3.63, 3.8) is 0 Å². The zero-order valence-electron chi connectivity index (χ0n) is 14.4. The molecule has 0 saturated carbocycles. The maximum absolute atomic E-state index is 12.1. The van der Waals surface area contributed by atoms with E-state index in [9.17, 15) is 9.59 Å². The molecule has 2 aromatic rings. The highest BCUT2D eigenvalue weighted by Crippen LogP contribution is 2.21. The summed E-state index contributed by atoms with van der Waals surface area (Å²) in [5.74, 6) is 0.180. The fraction of sp³-hybridized carbons (Fsp3) is 0.368. The van der Waals surface area contributed by atoms with Crippen molar-refractivity contribution in [3.05, 3.63) is 46.7 Å². The standard InChI is InChI=1S/C19H23N3O2S/c1-2-4-18(23)22-12-10-21(11-13-22)16-8-6-15(7-9-16)20-19(24)17-5-3-14-25-17/h3,5-9,14H,2,4,10-13H2,1H3,(H,20,24). The number of carbonyl (C=O) groups excluding carboxylic acids is 2. The van der Waals surface area contributed by atoms with Crippen LogP contribution in [0, 0.1) is 0 Å². The summed E-state index contributed by atoms with van der Waals surface area (Å²) in [6, 6.07) is 11.6. The Bertz CT molecular complexity index is 705. The molecule has 6 heteroatoms. The van der Waals surface area contributed by atoms with Crippen LogP contribution in [0.4, 0.5) is 11.4 Å². The van der Waals surface area contributed by atoms with Crippen LogP contribution in [0.15, 0.2) is 41.8 Å². The molecule has 132 valence electrons. The molecule has 25 heavy (non-hydrogen) atoms. The summed E-state index contributed by atoms with van der Waals surface area (Å²) in [4.78, 5) is 29.0. The Morgan fingerprint density at radius 3 is 2.40 bits per heavy atom. The highest BCUT2D eigenvalue weighted by Gasteiger charge is 2.20. The summed E-state index contributed by atoms with van der Waals surface area (Å²) in [5.41, 5.74) is 1.91. The molecule has 1 fully saturated rings. The molecule has 1 aromatic carbocycles. The van der Waals surface area contributed by atoms with Gasteiger partial charge in [0.05, 0.1) is 4.88 Å². The Balaban J connectivity index is 1.54. The predicted molar refractivity (Wildman–Crippen MR) is 102 cm³/mol. The number of thiophene rings is 1. The van der Waals surface area contributed by atoms with Gasteiger partial charge in [-0.25, -0.2) is 0 Å². The second-order valence-electron chi connectivity index (χ2n) is 6.10. The molecule has 0 bridgehead atoms. The molecule has 0 atom stereocenters. The zero-order chi connectivity index (χ0) is 17.6. The maximum Gasteiger partial charge on any atom is 0.265 e. The second kappa shape index (κ2) is 8.16. The van der Waals surface area contributed by atoms with Crippen LogP contribution in [0.2, 0.25) is 0 Å². The molecular weight excluding hydrogens is 334 g/mol. The topological polar surface area (TPSA) is 52.7 Å². The minimum absolute atomic E-state index is 0.0780. The van der Waals surface area contributed by atoms with Gasteiger partial charge in [-0.3, -0.25) is 9.59 Å². The van der Waals surface area contributed by atoms with Crippen molar-refractivity contribution in [1.29, 1.82) is 0 Å². The van der Waals surface area contributed by atoms with Crippen LogP contribution in [0.3, 0.4) is 0 Å². The van der Waals surface area contributed by atoms with Gasteiger partial charge in [0.2, 0.25) is 5.91 Å². The summed E-state index contributed by atoms with van der Waals surface area (Å²) >= 11 is 1.43. The lowest BCUT2D eigenvalue weighted by atomic mass is 10.2. The van der Waals surface area contributed by atoms with Gasteiger partial charge in [-0.15, -0.1) is 11.3 Å². The molecule has 0 unspecified atom stereocenters. The van der Waals surface area contributed by atoms with Gasteiger partial charge in [-0.05, 0) is 42.1 Å². The quantitative estimate of drug-likeness (QED) is 0.892. The highest BCUT2D eigenvalue weighted by molar-refractivity contribution is 7.12. The minimum atomic E-state index is -0.0780. The Morgan fingerprint density at radius 2 is 1.80 bits per heavy atom. The molecule has 1 aliphatic rings. The van der Waals surface area contributed by atoms with E-state index in [4.69, 9.17) is 0 Å². The number of piperazine rings is 1. The Hall–Kier alpha value is -2.34. The Kier molecular flexibility index (Phi) is 5.71. The largest absolute Gasteiger partial charge is 0.368 e. The fourth-order valence-electron chi connectivity index (χ4n) is 2.94. The van der Waals surface area contributed by atoms with E-state index in [-0.39, 0.29) is 11.8 Å². The summed E-state index contributed by atoms with van der Waals surface area (Å²) < 4.78 is 0. The maximum atomic E-state index is 12.1. The van der Waals surface area contributed by atoms with Gasteiger partial charge in [-0.2, -0.15) is 0 Å². The van der Waals surface area contributed by atoms with Crippen LogP contribution >= 0.6 is 11.3 Å². The number of amides is 2. The van der Waals surface area contributed by atoms with Crippen molar-refractivity contribution in [2.24, 2.45) is 0 Å². The summed E-state index contributed by atoms with van der Waals surface area (Å²) in [6.45, 7) is 5.27. The van der Waals surface area contributed by atoms with E-state index in [1.165, 1.54) is 11.3 Å². The van der Waals surface area contributed by atoms with E-state index in [2.05, 4.69) is 10.2 Å². The number of rotatable bonds is 5. The minimum Gasteiger partial charge on any atom is -0.368 e. The lowest BCUT2D eigenvalue weighted by Gasteiger charge is -2.36. The first-order valence-electron chi connectivity index (χ1n) is 8.65. The summed E-state index contributed by atoms with van der Waals surface area (Å²) in [6.07, 6.45) is 1.54. The number of nitrogens with one attached hydrogen (secondary N) is 1. The molecule has 1 aliphatic heterocycles. The molecule has 1 aromatic heterocycles. The van der Waals surface area contributed by atoms with Crippen molar-refractivity contribution < 1.29 is 9.59 Å². The number of nitrogens with zero attached hydrogens (tertiary/aromatic N) is 2. The molecule has 0 radical (unpaired) electrons.